The van der Waals surface area contributed by atoms with Crippen LogP contribution < -0.4 is 4.74 Å². The Morgan fingerprint density at radius 1 is 1.00 bits per heavy atom. The molecule has 0 aliphatic carbocycles. The van der Waals surface area contributed by atoms with E-state index in [1.807, 2.05) is 0 Å². The SMILES string of the molecule is COc1ccc(C(=O)C2CCN(S(=O)(=O)N3C[C@H](C)C[C@@H](C)C3)CC2)cc1. The van der Waals surface area contributed by atoms with E-state index < -0.39 is 10.2 Å². The number of Topliss-reactive ketones (excluding diaryl/α,β-unsaturated/α-hetero) is 1. The number of ketones is 1. The number of carbonyl (C=O) groups is 1. The van der Waals surface area contributed by atoms with Crippen molar-refractivity contribution in [2.45, 2.75) is 33.1 Å². The molecular formula is C20H30N2O4S. The van der Waals surface area contributed by atoms with E-state index in [1.54, 1.807) is 40.0 Å². The lowest BCUT2D eigenvalue weighted by atomic mass is 9.89. The number of nitrogens with zero attached hydrogens (tertiary/aromatic N) is 2. The lowest BCUT2D eigenvalue weighted by molar-refractivity contribution is 0.0871. The number of piperidine rings is 2. The molecule has 2 aliphatic heterocycles. The molecule has 3 rings (SSSR count). The van der Waals surface area contributed by atoms with E-state index >= 15 is 0 Å². The molecule has 0 radical (unpaired) electrons. The second kappa shape index (κ2) is 8.29. The first kappa shape index (κ1) is 20.3. The number of ether oxygens (including phenoxy) is 1. The molecule has 0 N–H and O–H groups in total. The fourth-order valence-corrected chi connectivity index (χ4v) is 6.18. The minimum Gasteiger partial charge on any atom is -0.497 e. The van der Waals surface area contributed by atoms with Gasteiger partial charge in [0.2, 0.25) is 0 Å². The van der Waals surface area contributed by atoms with Crippen LogP contribution in [0, 0.1) is 17.8 Å². The van der Waals surface area contributed by atoms with Crippen molar-refractivity contribution in [2.75, 3.05) is 33.3 Å². The molecule has 0 aromatic heterocycles. The van der Waals surface area contributed by atoms with E-state index in [0.717, 1.165) is 12.2 Å². The predicted octanol–water partition coefficient (Wildman–Crippen LogP) is 2.81. The van der Waals surface area contributed by atoms with Crippen LogP contribution in [0.1, 0.15) is 43.5 Å². The van der Waals surface area contributed by atoms with Crippen LogP contribution in [-0.2, 0) is 10.2 Å². The lowest BCUT2D eigenvalue weighted by Crippen LogP contribution is -2.51. The third-order valence-electron chi connectivity index (χ3n) is 5.69. The number of hydrogen-bond donors (Lipinski definition) is 0. The summed E-state index contributed by atoms with van der Waals surface area (Å²) < 4.78 is 34.3. The molecule has 7 heteroatoms. The number of methoxy groups -OCH3 is 1. The van der Waals surface area contributed by atoms with Crippen LogP contribution in [0.2, 0.25) is 0 Å². The molecule has 27 heavy (non-hydrogen) atoms. The van der Waals surface area contributed by atoms with Gasteiger partial charge in [-0.1, -0.05) is 13.8 Å². The van der Waals surface area contributed by atoms with Crippen molar-refractivity contribution in [1.82, 2.24) is 8.61 Å². The highest BCUT2D eigenvalue weighted by Crippen LogP contribution is 2.28. The summed E-state index contributed by atoms with van der Waals surface area (Å²) in [4.78, 5) is 12.7. The van der Waals surface area contributed by atoms with Crippen molar-refractivity contribution in [2.24, 2.45) is 17.8 Å². The van der Waals surface area contributed by atoms with Gasteiger partial charge in [-0.05, 0) is 55.4 Å². The highest BCUT2D eigenvalue weighted by Gasteiger charge is 2.37. The summed E-state index contributed by atoms with van der Waals surface area (Å²) in [6, 6.07) is 7.12. The molecule has 6 nitrogen and oxygen atoms in total. The van der Waals surface area contributed by atoms with Gasteiger partial charge in [-0.25, -0.2) is 0 Å². The molecule has 0 unspecified atom stereocenters. The Morgan fingerprint density at radius 2 is 1.56 bits per heavy atom. The van der Waals surface area contributed by atoms with Crippen LogP contribution in [0.15, 0.2) is 24.3 Å². The average molecular weight is 395 g/mol. The maximum absolute atomic E-state index is 13.0. The predicted molar refractivity (Wildman–Crippen MR) is 105 cm³/mol. The molecule has 2 atom stereocenters. The van der Waals surface area contributed by atoms with E-state index in [2.05, 4.69) is 13.8 Å². The monoisotopic (exact) mass is 394 g/mol. The van der Waals surface area contributed by atoms with Crippen LogP contribution >= 0.6 is 0 Å². The number of hydrogen-bond acceptors (Lipinski definition) is 4. The Kier molecular flexibility index (Phi) is 6.23. The Balaban J connectivity index is 1.61. The third-order valence-corrected chi connectivity index (χ3v) is 7.66. The number of carbonyl (C=O) groups excluding carboxylic acids is 1. The quantitative estimate of drug-likeness (QED) is 0.720. The van der Waals surface area contributed by atoms with Gasteiger partial charge in [0.1, 0.15) is 5.75 Å². The van der Waals surface area contributed by atoms with Gasteiger partial charge in [-0.15, -0.1) is 0 Å². The summed E-state index contributed by atoms with van der Waals surface area (Å²) in [6.07, 6.45) is 2.22. The molecule has 2 fully saturated rings. The van der Waals surface area contributed by atoms with Crippen LogP contribution in [0.3, 0.4) is 0 Å². The zero-order chi connectivity index (χ0) is 19.6. The Labute approximate surface area is 162 Å². The van der Waals surface area contributed by atoms with Gasteiger partial charge in [0.15, 0.2) is 5.78 Å². The third kappa shape index (κ3) is 4.52. The van der Waals surface area contributed by atoms with E-state index in [4.69, 9.17) is 4.74 Å². The maximum Gasteiger partial charge on any atom is 0.281 e. The molecule has 0 amide bonds. The van der Waals surface area contributed by atoms with Crippen molar-refractivity contribution in [1.29, 1.82) is 0 Å². The maximum atomic E-state index is 13.0. The molecule has 2 aliphatic rings. The average Bonchev–Trinajstić information content (AvgIpc) is 2.67. The summed E-state index contributed by atoms with van der Waals surface area (Å²) in [7, 11) is -1.84. The van der Waals surface area contributed by atoms with Gasteiger partial charge < -0.3 is 4.74 Å². The van der Waals surface area contributed by atoms with Gasteiger partial charge >= 0.3 is 0 Å². The normalized spacial score (nSPS) is 26.0. The first-order valence-electron chi connectivity index (χ1n) is 9.74. The van der Waals surface area contributed by atoms with Crippen LogP contribution in [-0.4, -0.2) is 56.1 Å². The summed E-state index contributed by atoms with van der Waals surface area (Å²) in [5, 5.41) is 0. The van der Waals surface area contributed by atoms with Crippen molar-refractivity contribution in [3.8, 4) is 5.75 Å². The summed E-state index contributed by atoms with van der Waals surface area (Å²) >= 11 is 0. The summed E-state index contributed by atoms with van der Waals surface area (Å²) in [5.41, 5.74) is 0.663. The lowest BCUT2D eigenvalue weighted by Gasteiger charge is -2.39. The van der Waals surface area contributed by atoms with Crippen LogP contribution in [0.5, 0.6) is 5.75 Å². The van der Waals surface area contributed by atoms with E-state index in [1.165, 1.54) is 0 Å². The fraction of sp³-hybridized carbons (Fsp3) is 0.650. The Morgan fingerprint density at radius 3 is 2.07 bits per heavy atom. The molecule has 2 saturated heterocycles. The second-order valence-corrected chi connectivity index (χ2v) is 9.97. The zero-order valence-electron chi connectivity index (χ0n) is 16.4. The zero-order valence-corrected chi connectivity index (χ0v) is 17.2. The van der Waals surface area contributed by atoms with Crippen molar-refractivity contribution in [3.05, 3.63) is 29.8 Å². The molecule has 1 aromatic carbocycles. The molecule has 0 spiro atoms. The Hall–Kier alpha value is -1.44. The van der Waals surface area contributed by atoms with Gasteiger partial charge in [-0.2, -0.15) is 17.0 Å². The smallest absolute Gasteiger partial charge is 0.281 e. The van der Waals surface area contributed by atoms with Crippen LogP contribution in [0.25, 0.3) is 0 Å². The molecule has 150 valence electrons. The molecule has 0 saturated carbocycles. The fourth-order valence-electron chi connectivity index (χ4n) is 4.30. The standard InChI is InChI=1S/C20H30N2O4S/c1-15-12-16(2)14-22(13-15)27(24,25)21-10-8-18(9-11-21)20(23)17-4-6-19(26-3)7-5-17/h4-7,15-16,18H,8-14H2,1-3H3/t15-,16-/m1/s1. The van der Waals surface area contributed by atoms with Crippen LogP contribution in [0.4, 0.5) is 0 Å². The first-order valence-corrected chi connectivity index (χ1v) is 11.1. The molecule has 1 aromatic rings. The number of benzene rings is 1. The highest BCUT2D eigenvalue weighted by molar-refractivity contribution is 7.86. The van der Waals surface area contributed by atoms with Gasteiger partial charge in [0.25, 0.3) is 10.2 Å². The topological polar surface area (TPSA) is 66.9 Å². The number of rotatable bonds is 5. The first-order chi connectivity index (χ1) is 12.8. The summed E-state index contributed by atoms with van der Waals surface area (Å²) in [5.74, 6) is 1.46. The van der Waals surface area contributed by atoms with Crippen molar-refractivity contribution < 1.29 is 17.9 Å². The minimum absolute atomic E-state index is 0.0925. The Bertz CT molecular complexity index is 745. The van der Waals surface area contributed by atoms with E-state index in [-0.39, 0.29) is 11.7 Å². The molecule has 2 heterocycles. The molecular weight excluding hydrogens is 364 g/mol. The van der Waals surface area contributed by atoms with Gasteiger partial charge in [0, 0.05) is 37.7 Å². The van der Waals surface area contributed by atoms with Gasteiger partial charge in [-0.3, -0.25) is 4.79 Å². The van der Waals surface area contributed by atoms with Crippen molar-refractivity contribution >= 4 is 16.0 Å². The largest absolute Gasteiger partial charge is 0.497 e. The van der Waals surface area contributed by atoms with Gasteiger partial charge in [0.05, 0.1) is 7.11 Å². The summed E-state index contributed by atoms with van der Waals surface area (Å²) in [6.45, 7) is 6.23. The van der Waals surface area contributed by atoms with Crippen molar-refractivity contribution in [3.63, 3.8) is 0 Å². The van der Waals surface area contributed by atoms with E-state index in [0.29, 0.717) is 56.4 Å². The molecule has 0 bridgehead atoms. The highest BCUT2D eigenvalue weighted by atomic mass is 32.2. The minimum atomic E-state index is -3.43. The second-order valence-electron chi connectivity index (χ2n) is 8.04. The van der Waals surface area contributed by atoms with E-state index in [9.17, 15) is 13.2 Å².